The molecule has 0 unspecified atom stereocenters. The zero-order valence-corrected chi connectivity index (χ0v) is 9.99. The van der Waals surface area contributed by atoms with Crippen LogP contribution < -0.4 is 0 Å². The van der Waals surface area contributed by atoms with Gasteiger partial charge in [-0.1, -0.05) is 12.1 Å². The highest BCUT2D eigenvalue weighted by Gasteiger charge is 2.15. The van der Waals surface area contributed by atoms with E-state index in [2.05, 4.69) is 0 Å². The highest BCUT2D eigenvalue weighted by atomic mass is 16.6. The first-order chi connectivity index (χ1) is 7.37. The van der Waals surface area contributed by atoms with Crippen LogP contribution in [0.15, 0.2) is 24.3 Å². The Labute approximate surface area is 96.1 Å². The maximum absolute atomic E-state index is 11.4. The molecule has 0 heterocycles. The molecular formula is C13H18O3. The molecule has 3 nitrogen and oxygen atoms in total. The van der Waals surface area contributed by atoms with Crippen molar-refractivity contribution in [3.05, 3.63) is 29.8 Å². The van der Waals surface area contributed by atoms with Gasteiger partial charge >= 0.3 is 5.97 Å². The van der Waals surface area contributed by atoms with E-state index in [1.807, 2.05) is 20.8 Å². The van der Waals surface area contributed by atoms with Gasteiger partial charge in [0.15, 0.2) is 0 Å². The number of phenolic OH excluding ortho intramolecular Hbond substituents is 1. The summed E-state index contributed by atoms with van der Waals surface area (Å²) in [6.07, 6.45) is 0.997. The number of aryl methyl sites for hydroxylation is 1. The predicted octanol–water partition coefficient (Wildman–Crippen LogP) is 2.67. The number of hydrogen-bond donors (Lipinski definition) is 1. The number of carbonyl (C=O) groups is 1. The van der Waals surface area contributed by atoms with Crippen LogP contribution in [-0.4, -0.2) is 16.7 Å². The van der Waals surface area contributed by atoms with Gasteiger partial charge in [0.05, 0.1) is 0 Å². The zero-order chi connectivity index (χ0) is 12.2. The molecule has 0 saturated heterocycles. The van der Waals surface area contributed by atoms with Crippen molar-refractivity contribution in [2.45, 2.75) is 39.2 Å². The number of ether oxygens (including phenoxy) is 1. The number of esters is 1. The molecule has 88 valence electrons. The van der Waals surface area contributed by atoms with Gasteiger partial charge in [0.1, 0.15) is 11.4 Å². The van der Waals surface area contributed by atoms with Gasteiger partial charge in [-0.3, -0.25) is 4.79 Å². The van der Waals surface area contributed by atoms with Crippen LogP contribution in [-0.2, 0) is 16.0 Å². The van der Waals surface area contributed by atoms with Crippen LogP contribution in [0.25, 0.3) is 0 Å². The number of aromatic hydroxyl groups is 1. The van der Waals surface area contributed by atoms with E-state index in [4.69, 9.17) is 9.84 Å². The third kappa shape index (κ3) is 4.82. The van der Waals surface area contributed by atoms with Gasteiger partial charge in [-0.15, -0.1) is 0 Å². The quantitative estimate of drug-likeness (QED) is 0.800. The lowest BCUT2D eigenvalue weighted by molar-refractivity contribution is -0.154. The number of phenols is 1. The lowest BCUT2D eigenvalue weighted by Crippen LogP contribution is -2.23. The molecule has 0 radical (unpaired) electrons. The summed E-state index contributed by atoms with van der Waals surface area (Å²) in [5.41, 5.74) is 0.593. The monoisotopic (exact) mass is 222 g/mol. The molecule has 0 aliphatic carbocycles. The largest absolute Gasteiger partial charge is 0.508 e. The van der Waals surface area contributed by atoms with Crippen LogP contribution in [0.3, 0.4) is 0 Å². The van der Waals surface area contributed by atoms with E-state index in [1.165, 1.54) is 0 Å². The average molecular weight is 222 g/mol. The van der Waals surface area contributed by atoms with Gasteiger partial charge < -0.3 is 9.84 Å². The third-order valence-corrected chi connectivity index (χ3v) is 1.97. The second-order valence-corrected chi connectivity index (χ2v) is 4.75. The Bertz CT molecular complexity index is 346. The predicted molar refractivity (Wildman–Crippen MR) is 62.3 cm³/mol. The van der Waals surface area contributed by atoms with Crippen molar-refractivity contribution in [3.63, 3.8) is 0 Å². The second-order valence-electron chi connectivity index (χ2n) is 4.75. The van der Waals surface area contributed by atoms with Crippen molar-refractivity contribution in [3.8, 4) is 5.75 Å². The molecule has 1 aromatic carbocycles. The maximum Gasteiger partial charge on any atom is 0.306 e. The highest BCUT2D eigenvalue weighted by molar-refractivity contribution is 5.70. The van der Waals surface area contributed by atoms with Gasteiger partial charge in [0, 0.05) is 6.42 Å². The summed E-state index contributed by atoms with van der Waals surface area (Å²) in [6, 6.07) is 6.84. The molecule has 3 heteroatoms. The molecule has 16 heavy (non-hydrogen) atoms. The van der Waals surface area contributed by atoms with Crippen LogP contribution in [0.1, 0.15) is 32.8 Å². The van der Waals surface area contributed by atoms with E-state index in [0.29, 0.717) is 12.8 Å². The molecule has 0 aromatic heterocycles. The Morgan fingerprint density at radius 2 is 1.81 bits per heavy atom. The fourth-order valence-corrected chi connectivity index (χ4v) is 1.30. The van der Waals surface area contributed by atoms with Crippen molar-refractivity contribution in [1.82, 2.24) is 0 Å². The number of rotatable bonds is 3. The standard InChI is InChI=1S/C13H18O3/c1-13(2,3)16-12(15)9-6-10-4-7-11(14)8-5-10/h4-5,7-8,14H,6,9H2,1-3H3. The van der Waals surface area contributed by atoms with Crippen LogP contribution in [0.5, 0.6) is 5.75 Å². The second kappa shape index (κ2) is 5.01. The SMILES string of the molecule is CC(C)(C)OC(=O)CCc1ccc(O)cc1. The molecule has 0 aliphatic heterocycles. The summed E-state index contributed by atoms with van der Waals surface area (Å²) in [4.78, 5) is 11.4. The van der Waals surface area contributed by atoms with E-state index < -0.39 is 5.60 Å². The smallest absolute Gasteiger partial charge is 0.306 e. The summed E-state index contributed by atoms with van der Waals surface area (Å²) in [5.74, 6) is 0.0431. The molecule has 0 amide bonds. The number of hydrogen-bond acceptors (Lipinski definition) is 3. The van der Waals surface area contributed by atoms with Crippen molar-refractivity contribution >= 4 is 5.97 Å². The molecule has 0 saturated carbocycles. The van der Waals surface area contributed by atoms with Gasteiger partial charge in [0.25, 0.3) is 0 Å². The van der Waals surface area contributed by atoms with Crippen molar-refractivity contribution < 1.29 is 14.6 Å². The fraction of sp³-hybridized carbons (Fsp3) is 0.462. The minimum Gasteiger partial charge on any atom is -0.508 e. The summed E-state index contributed by atoms with van der Waals surface area (Å²) in [7, 11) is 0. The number of carbonyl (C=O) groups excluding carboxylic acids is 1. The van der Waals surface area contributed by atoms with E-state index in [9.17, 15) is 4.79 Å². The maximum atomic E-state index is 11.4. The lowest BCUT2D eigenvalue weighted by Gasteiger charge is -2.19. The van der Waals surface area contributed by atoms with Crippen LogP contribution in [0, 0.1) is 0 Å². The lowest BCUT2D eigenvalue weighted by atomic mass is 10.1. The minimum atomic E-state index is -0.425. The molecule has 0 aliphatic rings. The van der Waals surface area contributed by atoms with E-state index >= 15 is 0 Å². The first kappa shape index (κ1) is 12.6. The third-order valence-electron chi connectivity index (χ3n) is 1.97. The minimum absolute atomic E-state index is 0.194. The molecule has 1 rings (SSSR count). The molecule has 1 aromatic rings. The summed E-state index contributed by atoms with van der Waals surface area (Å²) < 4.78 is 5.19. The van der Waals surface area contributed by atoms with Gasteiger partial charge in [-0.2, -0.15) is 0 Å². The molecule has 1 N–H and O–H groups in total. The first-order valence-corrected chi connectivity index (χ1v) is 5.36. The van der Waals surface area contributed by atoms with Crippen LogP contribution in [0.4, 0.5) is 0 Å². The van der Waals surface area contributed by atoms with Crippen LogP contribution in [0.2, 0.25) is 0 Å². The Balaban J connectivity index is 2.40. The molecule has 0 spiro atoms. The van der Waals surface area contributed by atoms with E-state index in [1.54, 1.807) is 24.3 Å². The Morgan fingerprint density at radius 3 is 2.31 bits per heavy atom. The Hall–Kier alpha value is -1.51. The normalized spacial score (nSPS) is 11.2. The molecular weight excluding hydrogens is 204 g/mol. The van der Waals surface area contributed by atoms with Gasteiger partial charge in [-0.05, 0) is 44.9 Å². The summed E-state index contributed by atoms with van der Waals surface area (Å²) in [5, 5.41) is 9.10. The van der Waals surface area contributed by atoms with Crippen molar-refractivity contribution in [2.24, 2.45) is 0 Å². The number of benzene rings is 1. The molecule has 0 atom stereocenters. The average Bonchev–Trinajstić information content (AvgIpc) is 2.14. The van der Waals surface area contributed by atoms with E-state index in [-0.39, 0.29) is 11.7 Å². The Morgan fingerprint density at radius 1 is 1.25 bits per heavy atom. The van der Waals surface area contributed by atoms with Gasteiger partial charge in [-0.25, -0.2) is 0 Å². The molecule has 0 bridgehead atoms. The van der Waals surface area contributed by atoms with Crippen molar-refractivity contribution in [1.29, 1.82) is 0 Å². The first-order valence-electron chi connectivity index (χ1n) is 5.36. The van der Waals surface area contributed by atoms with E-state index in [0.717, 1.165) is 5.56 Å². The van der Waals surface area contributed by atoms with Gasteiger partial charge in [0.2, 0.25) is 0 Å². The summed E-state index contributed by atoms with van der Waals surface area (Å²) >= 11 is 0. The topological polar surface area (TPSA) is 46.5 Å². The Kier molecular flexibility index (Phi) is 3.93. The summed E-state index contributed by atoms with van der Waals surface area (Å²) in [6.45, 7) is 5.56. The highest BCUT2D eigenvalue weighted by Crippen LogP contribution is 2.13. The zero-order valence-electron chi connectivity index (χ0n) is 9.99. The molecule has 0 fully saturated rings. The fourth-order valence-electron chi connectivity index (χ4n) is 1.30. The van der Waals surface area contributed by atoms with Crippen LogP contribution >= 0.6 is 0 Å². The van der Waals surface area contributed by atoms with Crippen molar-refractivity contribution in [2.75, 3.05) is 0 Å².